The van der Waals surface area contributed by atoms with Crippen LogP contribution in [0.3, 0.4) is 0 Å². The van der Waals surface area contributed by atoms with Crippen molar-refractivity contribution in [2.24, 2.45) is 5.92 Å². The molecule has 1 aliphatic heterocycles. The summed E-state index contributed by atoms with van der Waals surface area (Å²) in [7, 11) is 1.23. The molecule has 0 bridgehead atoms. The maximum Gasteiger partial charge on any atom is 0.336 e. The van der Waals surface area contributed by atoms with Gasteiger partial charge in [0.15, 0.2) is 0 Å². The van der Waals surface area contributed by atoms with Crippen LogP contribution in [0.4, 0.5) is 4.39 Å². The molecule has 0 aliphatic carbocycles. The highest BCUT2D eigenvalue weighted by Crippen LogP contribution is 2.39. The van der Waals surface area contributed by atoms with Gasteiger partial charge in [-0.3, -0.25) is 4.79 Å². The molecule has 1 aromatic carbocycles. The second-order valence-corrected chi connectivity index (χ2v) is 9.38. The van der Waals surface area contributed by atoms with E-state index in [0.29, 0.717) is 11.4 Å². The van der Waals surface area contributed by atoms with Crippen molar-refractivity contribution in [2.45, 2.75) is 66.0 Å². The van der Waals surface area contributed by atoms with Gasteiger partial charge in [0.05, 0.1) is 18.6 Å². The first-order valence-electron chi connectivity index (χ1n) is 10.8. The van der Waals surface area contributed by atoms with Crippen LogP contribution in [0.5, 0.6) is 0 Å². The van der Waals surface area contributed by atoms with Crippen molar-refractivity contribution in [2.75, 3.05) is 7.11 Å². The lowest BCUT2D eigenvalue weighted by Gasteiger charge is -2.32. The van der Waals surface area contributed by atoms with Gasteiger partial charge in [0.2, 0.25) is 0 Å². The van der Waals surface area contributed by atoms with Gasteiger partial charge in [0, 0.05) is 22.5 Å². The van der Waals surface area contributed by atoms with E-state index >= 15 is 0 Å². The van der Waals surface area contributed by atoms with Crippen LogP contribution in [-0.2, 0) is 23.9 Å². The second kappa shape index (κ2) is 10.2. The van der Waals surface area contributed by atoms with E-state index in [0.717, 1.165) is 0 Å². The van der Waals surface area contributed by atoms with E-state index in [4.69, 9.17) is 9.47 Å². The number of methoxy groups -OCH3 is 1. The lowest BCUT2D eigenvalue weighted by molar-refractivity contribution is -0.159. The van der Waals surface area contributed by atoms with Gasteiger partial charge in [0.1, 0.15) is 17.5 Å². The maximum atomic E-state index is 14.9. The molecule has 33 heavy (non-hydrogen) atoms. The number of esters is 2. The zero-order valence-electron chi connectivity index (χ0n) is 20.5. The fourth-order valence-electron chi connectivity index (χ4n) is 3.78. The summed E-state index contributed by atoms with van der Waals surface area (Å²) in [5, 5.41) is 5.77. The molecular weight excluding hydrogens is 427 g/mol. The number of benzene rings is 1. The van der Waals surface area contributed by atoms with Crippen LogP contribution in [0.25, 0.3) is 0 Å². The number of ether oxygens (including phenoxy) is 2. The molecule has 180 valence electrons. The number of dihydropyridines is 1. The Morgan fingerprint density at radius 3 is 2.15 bits per heavy atom. The van der Waals surface area contributed by atoms with E-state index in [1.54, 1.807) is 54.5 Å². The molecule has 8 heteroatoms. The number of amides is 1. The Labute approximate surface area is 194 Å². The van der Waals surface area contributed by atoms with Crippen LogP contribution >= 0.6 is 0 Å². The number of rotatable bonds is 6. The molecule has 0 saturated heterocycles. The smallest absolute Gasteiger partial charge is 0.336 e. The summed E-state index contributed by atoms with van der Waals surface area (Å²) >= 11 is 0. The zero-order valence-corrected chi connectivity index (χ0v) is 20.5. The Kier molecular flexibility index (Phi) is 8.06. The van der Waals surface area contributed by atoms with E-state index in [1.807, 2.05) is 0 Å². The van der Waals surface area contributed by atoms with Gasteiger partial charge in [0.25, 0.3) is 5.91 Å². The summed E-state index contributed by atoms with van der Waals surface area (Å²) in [6.45, 7) is 12.1. The van der Waals surface area contributed by atoms with Crippen molar-refractivity contribution in [3.05, 3.63) is 58.2 Å². The minimum absolute atomic E-state index is 0.122. The molecule has 2 N–H and O–H groups in total. The normalized spacial score (nSPS) is 17.5. The number of nitrogens with one attached hydrogen (secondary N) is 2. The average molecular weight is 461 g/mol. The van der Waals surface area contributed by atoms with E-state index < -0.39 is 41.2 Å². The highest BCUT2D eigenvalue weighted by atomic mass is 19.1. The highest BCUT2D eigenvalue weighted by Gasteiger charge is 2.40. The molecule has 0 saturated carbocycles. The van der Waals surface area contributed by atoms with Crippen molar-refractivity contribution in [1.29, 1.82) is 0 Å². The van der Waals surface area contributed by atoms with Crippen LogP contribution in [-0.4, -0.2) is 36.6 Å². The third-order valence-electron chi connectivity index (χ3n) is 5.24. The van der Waals surface area contributed by atoms with Crippen LogP contribution in [0.15, 0.2) is 46.8 Å². The lowest BCUT2D eigenvalue weighted by Crippen LogP contribution is -2.49. The Morgan fingerprint density at radius 2 is 1.64 bits per heavy atom. The van der Waals surface area contributed by atoms with Crippen LogP contribution in [0.1, 0.15) is 59.9 Å². The maximum absolute atomic E-state index is 14.9. The Morgan fingerprint density at radius 1 is 1.06 bits per heavy atom. The van der Waals surface area contributed by atoms with Crippen LogP contribution in [0, 0.1) is 11.7 Å². The summed E-state index contributed by atoms with van der Waals surface area (Å²) in [6, 6.07) is 5.02. The largest absolute Gasteiger partial charge is 0.466 e. The van der Waals surface area contributed by atoms with Gasteiger partial charge >= 0.3 is 11.9 Å². The third kappa shape index (κ3) is 6.00. The first-order valence-corrected chi connectivity index (χ1v) is 10.8. The van der Waals surface area contributed by atoms with Gasteiger partial charge < -0.3 is 20.1 Å². The van der Waals surface area contributed by atoms with Gasteiger partial charge in [-0.2, -0.15) is 0 Å². The lowest BCUT2D eigenvalue weighted by atomic mass is 9.79. The molecule has 1 heterocycles. The number of carbonyl (C=O) groups is 3. The summed E-state index contributed by atoms with van der Waals surface area (Å²) in [5.41, 5.74) is 0.567. The third-order valence-corrected chi connectivity index (χ3v) is 5.24. The van der Waals surface area contributed by atoms with Gasteiger partial charge in [-0.15, -0.1) is 0 Å². The van der Waals surface area contributed by atoms with E-state index in [2.05, 4.69) is 10.6 Å². The van der Waals surface area contributed by atoms with Crippen LogP contribution in [0.2, 0.25) is 0 Å². The molecule has 1 aromatic rings. The zero-order chi connectivity index (χ0) is 25.1. The van der Waals surface area contributed by atoms with Crippen molar-refractivity contribution in [3.63, 3.8) is 0 Å². The molecule has 0 radical (unpaired) electrons. The standard InChI is InChI=1S/C25H33FN2O5/c1-13(2)21(24(31)33-25(5,6)7)28-22(29)18-14(3)27-15(4)19(23(30)32-8)20(18)16-11-9-10-12-17(16)26/h9-13,20-21,27H,1-8H3,(H,28,29). The SMILES string of the molecule is COC(=O)C1=C(C)NC(C)=C(C(=O)NC(C(=O)OC(C)(C)C)C(C)C)C1c1ccccc1F. The summed E-state index contributed by atoms with van der Waals surface area (Å²) in [4.78, 5) is 39.0. The Balaban J connectivity index is 2.56. The number of halogens is 1. The van der Waals surface area contributed by atoms with Gasteiger partial charge in [-0.25, -0.2) is 14.0 Å². The van der Waals surface area contributed by atoms with Crippen molar-refractivity contribution >= 4 is 17.8 Å². The highest BCUT2D eigenvalue weighted by molar-refractivity contribution is 6.03. The van der Waals surface area contributed by atoms with Gasteiger partial charge in [-0.1, -0.05) is 32.0 Å². The number of hydrogen-bond donors (Lipinski definition) is 2. The van der Waals surface area contributed by atoms with Crippen molar-refractivity contribution < 1.29 is 28.2 Å². The monoisotopic (exact) mass is 460 g/mol. The summed E-state index contributed by atoms with van der Waals surface area (Å²) in [5.74, 6) is -3.72. The molecule has 2 rings (SSSR count). The quantitative estimate of drug-likeness (QED) is 0.629. The Hall–Kier alpha value is -3.16. The molecule has 1 amide bonds. The minimum atomic E-state index is -1.02. The molecule has 7 nitrogen and oxygen atoms in total. The van der Waals surface area contributed by atoms with Gasteiger partial charge in [-0.05, 0) is 46.6 Å². The fourth-order valence-corrected chi connectivity index (χ4v) is 3.78. The Bertz CT molecular complexity index is 1000. The van der Waals surface area contributed by atoms with Crippen LogP contribution < -0.4 is 10.6 Å². The summed E-state index contributed by atoms with van der Waals surface area (Å²) in [6.07, 6.45) is 0. The first-order chi connectivity index (χ1) is 15.3. The second-order valence-electron chi connectivity index (χ2n) is 9.38. The molecule has 0 aromatic heterocycles. The number of carbonyl (C=O) groups excluding carboxylic acids is 3. The predicted molar refractivity (Wildman–Crippen MR) is 122 cm³/mol. The van der Waals surface area contributed by atoms with Crippen molar-refractivity contribution in [3.8, 4) is 0 Å². The molecule has 0 fully saturated rings. The molecular formula is C25H33FN2O5. The van der Waals surface area contributed by atoms with E-state index in [1.165, 1.54) is 25.3 Å². The van der Waals surface area contributed by atoms with Crippen molar-refractivity contribution in [1.82, 2.24) is 10.6 Å². The minimum Gasteiger partial charge on any atom is -0.466 e. The molecule has 2 unspecified atom stereocenters. The summed E-state index contributed by atoms with van der Waals surface area (Å²) < 4.78 is 25.3. The number of allylic oxidation sites excluding steroid dienone is 2. The van der Waals surface area contributed by atoms with E-state index in [9.17, 15) is 18.8 Å². The topological polar surface area (TPSA) is 93.7 Å². The molecule has 0 spiro atoms. The average Bonchev–Trinajstić information content (AvgIpc) is 2.69. The molecule has 1 aliphatic rings. The number of hydrogen-bond acceptors (Lipinski definition) is 6. The predicted octanol–water partition coefficient (Wildman–Crippen LogP) is 3.72. The van der Waals surface area contributed by atoms with E-state index in [-0.39, 0.29) is 22.6 Å². The molecule has 2 atom stereocenters. The fraction of sp³-hybridized carbons (Fsp3) is 0.480. The first kappa shape index (κ1) is 26.1.